The molecular formula is C24H28N6O4. The van der Waals surface area contributed by atoms with Gasteiger partial charge in [-0.15, -0.1) is 0 Å². The monoisotopic (exact) mass is 464 g/mol. The van der Waals surface area contributed by atoms with Crippen molar-refractivity contribution in [1.82, 2.24) is 24.8 Å². The van der Waals surface area contributed by atoms with E-state index < -0.39 is 5.91 Å². The van der Waals surface area contributed by atoms with Crippen LogP contribution >= 0.6 is 0 Å². The molecule has 3 heterocycles. The number of carbonyl (C=O) groups excluding carboxylic acids is 2. The van der Waals surface area contributed by atoms with Crippen molar-refractivity contribution in [1.29, 1.82) is 0 Å². The topological polar surface area (TPSA) is 125 Å². The highest BCUT2D eigenvalue weighted by atomic mass is 16.7. The van der Waals surface area contributed by atoms with E-state index in [0.717, 1.165) is 43.1 Å². The summed E-state index contributed by atoms with van der Waals surface area (Å²) in [5.41, 5.74) is 7.50. The molecule has 2 aliphatic rings. The summed E-state index contributed by atoms with van der Waals surface area (Å²) < 4.78 is 7.12. The molecule has 0 bridgehead atoms. The van der Waals surface area contributed by atoms with Crippen LogP contribution in [0.5, 0.6) is 5.88 Å². The summed E-state index contributed by atoms with van der Waals surface area (Å²) >= 11 is 0. The SMILES string of the molecule is COc1cncc([C@@H]2CCON2C(=O)[C@H]2CC[C@H](Cn3ncc4ccc(C(N)=O)cc43)CC2)n1. The van der Waals surface area contributed by atoms with Gasteiger partial charge in [-0.3, -0.25) is 24.1 Å². The van der Waals surface area contributed by atoms with E-state index in [1.165, 1.54) is 5.06 Å². The number of hydrogen-bond acceptors (Lipinski definition) is 7. The van der Waals surface area contributed by atoms with E-state index in [2.05, 4.69) is 15.1 Å². The zero-order valence-corrected chi connectivity index (χ0v) is 19.1. The summed E-state index contributed by atoms with van der Waals surface area (Å²) in [6, 6.07) is 5.14. The molecule has 10 heteroatoms. The van der Waals surface area contributed by atoms with Crippen molar-refractivity contribution in [2.45, 2.75) is 44.7 Å². The Morgan fingerprint density at radius 1 is 1.15 bits per heavy atom. The highest BCUT2D eigenvalue weighted by molar-refractivity contribution is 5.96. The summed E-state index contributed by atoms with van der Waals surface area (Å²) in [4.78, 5) is 39.2. The van der Waals surface area contributed by atoms with Gasteiger partial charge in [-0.1, -0.05) is 6.07 Å². The van der Waals surface area contributed by atoms with E-state index in [-0.39, 0.29) is 17.9 Å². The van der Waals surface area contributed by atoms with Crippen molar-refractivity contribution >= 4 is 22.7 Å². The second-order valence-corrected chi connectivity index (χ2v) is 8.97. The van der Waals surface area contributed by atoms with Gasteiger partial charge in [-0.25, -0.2) is 10.0 Å². The Hall–Kier alpha value is -3.53. The van der Waals surface area contributed by atoms with Gasteiger partial charge in [0.25, 0.3) is 0 Å². The van der Waals surface area contributed by atoms with Crippen LogP contribution in [0.2, 0.25) is 0 Å². The number of carbonyl (C=O) groups is 2. The van der Waals surface area contributed by atoms with Crippen LogP contribution in [0.25, 0.3) is 10.9 Å². The fraction of sp³-hybridized carbons (Fsp3) is 0.458. The van der Waals surface area contributed by atoms with Gasteiger partial charge in [0.2, 0.25) is 17.7 Å². The molecule has 1 aliphatic heterocycles. The van der Waals surface area contributed by atoms with E-state index in [9.17, 15) is 9.59 Å². The minimum Gasteiger partial charge on any atom is -0.480 e. The number of hydroxylamine groups is 2. The van der Waals surface area contributed by atoms with E-state index in [4.69, 9.17) is 15.3 Å². The number of aromatic nitrogens is 4. The number of primary amides is 1. The summed E-state index contributed by atoms with van der Waals surface area (Å²) in [5, 5.41) is 6.99. The summed E-state index contributed by atoms with van der Waals surface area (Å²) in [5.74, 6) is 0.318. The predicted octanol–water partition coefficient (Wildman–Crippen LogP) is 2.65. The first-order valence-corrected chi connectivity index (χ1v) is 11.6. The van der Waals surface area contributed by atoms with Gasteiger partial charge in [-0.05, 0) is 43.7 Å². The number of rotatable bonds is 6. The summed E-state index contributed by atoms with van der Waals surface area (Å²) in [6.07, 6.45) is 9.14. The molecule has 2 amide bonds. The molecule has 1 saturated carbocycles. The Balaban J connectivity index is 1.22. The highest BCUT2D eigenvalue weighted by Gasteiger charge is 2.38. The molecule has 10 nitrogen and oxygen atoms in total. The van der Waals surface area contributed by atoms with Crippen LogP contribution in [0.3, 0.4) is 0 Å². The molecule has 1 aliphatic carbocycles. The number of nitrogens with two attached hydrogens (primary N) is 1. The zero-order valence-electron chi connectivity index (χ0n) is 19.1. The summed E-state index contributed by atoms with van der Waals surface area (Å²) in [6.45, 7) is 1.22. The fourth-order valence-electron chi connectivity index (χ4n) is 4.96. The van der Waals surface area contributed by atoms with Crippen molar-refractivity contribution < 1.29 is 19.2 Å². The second kappa shape index (κ2) is 9.38. The maximum Gasteiger partial charge on any atom is 0.249 e. The number of ether oxygens (including phenoxy) is 1. The average molecular weight is 465 g/mol. The molecule has 1 atom stereocenters. The van der Waals surface area contributed by atoms with Crippen molar-refractivity contribution in [2.75, 3.05) is 13.7 Å². The van der Waals surface area contributed by atoms with Gasteiger partial charge < -0.3 is 10.5 Å². The highest BCUT2D eigenvalue weighted by Crippen LogP contribution is 2.36. The van der Waals surface area contributed by atoms with Crippen molar-refractivity contribution in [2.24, 2.45) is 17.6 Å². The Labute approximate surface area is 197 Å². The largest absolute Gasteiger partial charge is 0.480 e. The molecule has 1 saturated heterocycles. The van der Waals surface area contributed by atoms with E-state index in [1.807, 2.05) is 16.9 Å². The van der Waals surface area contributed by atoms with Crippen LogP contribution in [0, 0.1) is 11.8 Å². The van der Waals surface area contributed by atoms with E-state index in [1.54, 1.807) is 31.6 Å². The smallest absolute Gasteiger partial charge is 0.249 e. The maximum absolute atomic E-state index is 13.3. The number of hydrogen-bond donors (Lipinski definition) is 1. The lowest BCUT2D eigenvalue weighted by atomic mass is 9.81. The normalized spacial score (nSPS) is 22.7. The Bertz CT molecular complexity index is 1200. The Morgan fingerprint density at radius 2 is 1.97 bits per heavy atom. The minimum atomic E-state index is -0.448. The number of amides is 2. The Morgan fingerprint density at radius 3 is 2.74 bits per heavy atom. The first kappa shape index (κ1) is 22.3. The van der Waals surface area contributed by atoms with Crippen LogP contribution in [0.1, 0.15) is 54.2 Å². The first-order chi connectivity index (χ1) is 16.5. The van der Waals surface area contributed by atoms with Crippen LogP contribution < -0.4 is 10.5 Å². The molecule has 2 aromatic heterocycles. The van der Waals surface area contributed by atoms with Crippen LogP contribution in [0.4, 0.5) is 0 Å². The van der Waals surface area contributed by atoms with Crippen molar-refractivity contribution in [3.8, 4) is 5.88 Å². The molecule has 0 radical (unpaired) electrons. The lowest BCUT2D eigenvalue weighted by molar-refractivity contribution is -0.183. The number of fused-ring (bicyclic) bond motifs is 1. The molecule has 0 spiro atoms. The number of methoxy groups -OCH3 is 1. The van der Waals surface area contributed by atoms with Gasteiger partial charge in [-0.2, -0.15) is 5.10 Å². The number of benzene rings is 1. The van der Waals surface area contributed by atoms with Crippen molar-refractivity contribution in [3.05, 3.63) is 48.0 Å². The third-order valence-corrected chi connectivity index (χ3v) is 6.86. The molecular weight excluding hydrogens is 436 g/mol. The molecule has 178 valence electrons. The molecule has 34 heavy (non-hydrogen) atoms. The maximum atomic E-state index is 13.3. The van der Waals surface area contributed by atoms with Gasteiger partial charge >= 0.3 is 0 Å². The third kappa shape index (κ3) is 4.33. The predicted molar refractivity (Wildman–Crippen MR) is 122 cm³/mol. The molecule has 3 aromatic rings. The van der Waals surface area contributed by atoms with Gasteiger partial charge in [0, 0.05) is 29.8 Å². The van der Waals surface area contributed by atoms with Crippen LogP contribution in [0.15, 0.2) is 36.8 Å². The molecule has 5 rings (SSSR count). The van der Waals surface area contributed by atoms with E-state index in [0.29, 0.717) is 36.1 Å². The van der Waals surface area contributed by atoms with Gasteiger partial charge in [0.1, 0.15) is 6.04 Å². The second-order valence-electron chi connectivity index (χ2n) is 8.97. The van der Waals surface area contributed by atoms with Gasteiger partial charge in [0.05, 0.1) is 43.5 Å². The molecule has 2 N–H and O–H groups in total. The zero-order chi connectivity index (χ0) is 23.7. The van der Waals surface area contributed by atoms with Crippen LogP contribution in [-0.2, 0) is 16.2 Å². The summed E-state index contributed by atoms with van der Waals surface area (Å²) in [7, 11) is 1.54. The lowest BCUT2D eigenvalue weighted by Gasteiger charge is -2.31. The fourth-order valence-corrected chi connectivity index (χ4v) is 4.96. The quantitative estimate of drug-likeness (QED) is 0.594. The Kier molecular flexibility index (Phi) is 6.14. The average Bonchev–Trinajstić information content (AvgIpc) is 3.51. The van der Waals surface area contributed by atoms with Gasteiger partial charge in [0.15, 0.2) is 0 Å². The van der Waals surface area contributed by atoms with E-state index >= 15 is 0 Å². The first-order valence-electron chi connectivity index (χ1n) is 11.6. The third-order valence-electron chi connectivity index (χ3n) is 6.86. The molecule has 1 aromatic carbocycles. The number of nitrogens with zero attached hydrogens (tertiary/aromatic N) is 5. The minimum absolute atomic E-state index is 0.0150. The molecule has 2 fully saturated rings. The van der Waals surface area contributed by atoms with Crippen LogP contribution in [-0.4, -0.2) is 50.3 Å². The van der Waals surface area contributed by atoms with Crippen molar-refractivity contribution in [3.63, 3.8) is 0 Å². The lowest BCUT2D eigenvalue weighted by Crippen LogP contribution is -2.37. The standard InChI is InChI=1S/C24H28N6O4/c1-33-22-13-26-12-19(28-22)20-8-9-34-30(20)24(32)16-4-2-15(3-5-16)14-29-21-10-17(23(25)31)6-7-18(21)11-27-29/h6-7,10-13,15-16,20H,2-5,8-9,14H2,1H3,(H2,25,31)/t15-,16-,20-/m0/s1. The molecule has 0 unspecified atom stereocenters.